The van der Waals surface area contributed by atoms with E-state index in [2.05, 4.69) is 5.32 Å². The first-order chi connectivity index (χ1) is 12.4. The lowest BCUT2D eigenvalue weighted by atomic mass is 9.81. The highest BCUT2D eigenvalue weighted by atomic mass is 35.5. The van der Waals surface area contributed by atoms with Crippen LogP contribution in [0.1, 0.15) is 12.8 Å². The molecule has 138 valence electrons. The number of hydrogen-bond acceptors (Lipinski definition) is 5. The van der Waals surface area contributed by atoms with Crippen LogP contribution in [0.25, 0.3) is 0 Å². The van der Waals surface area contributed by atoms with Gasteiger partial charge in [0, 0.05) is 15.7 Å². The highest BCUT2D eigenvalue weighted by Gasteiger charge is 2.62. The largest absolute Gasteiger partial charge is 0.447 e. The quantitative estimate of drug-likeness (QED) is 0.788. The van der Waals surface area contributed by atoms with Gasteiger partial charge in [-0.05, 0) is 31.0 Å². The molecule has 3 saturated heterocycles. The molecule has 4 rings (SSSR count). The van der Waals surface area contributed by atoms with Gasteiger partial charge >= 0.3 is 6.09 Å². The molecule has 3 heterocycles. The van der Waals surface area contributed by atoms with Gasteiger partial charge in [0.15, 0.2) is 0 Å². The van der Waals surface area contributed by atoms with Gasteiger partial charge in [-0.2, -0.15) is 0 Å². The first kappa shape index (κ1) is 17.6. The Hall–Kier alpha value is -1.83. The molecule has 0 spiro atoms. The lowest BCUT2D eigenvalue weighted by molar-refractivity contribution is -0.143. The molecule has 0 aliphatic carbocycles. The van der Waals surface area contributed by atoms with Crippen molar-refractivity contribution in [2.75, 3.05) is 18.5 Å². The van der Waals surface area contributed by atoms with Gasteiger partial charge in [0.25, 0.3) is 0 Å². The molecule has 0 radical (unpaired) electrons. The van der Waals surface area contributed by atoms with E-state index in [9.17, 15) is 14.4 Å². The summed E-state index contributed by atoms with van der Waals surface area (Å²) in [5.74, 6) is -1.19. The third kappa shape index (κ3) is 3.04. The molecule has 2 bridgehead atoms. The maximum Gasteiger partial charge on any atom is 0.411 e. The number of benzene rings is 1. The molecule has 3 fully saturated rings. The summed E-state index contributed by atoms with van der Waals surface area (Å²) in [4.78, 5) is 38.0. The zero-order valence-electron chi connectivity index (χ0n) is 13.6. The Morgan fingerprint density at radius 1 is 1.12 bits per heavy atom. The topological polar surface area (TPSA) is 84.9 Å². The Balaban J connectivity index is 1.30. The number of ether oxygens (including phenoxy) is 2. The van der Waals surface area contributed by atoms with Gasteiger partial charge in [0.1, 0.15) is 6.61 Å². The molecule has 0 saturated carbocycles. The number of carbonyl (C=O) groups excluding carboxylic acids is 3. The Labute approximate surface area is 159 Å². The number of fused-ring (bicyclic) bond motifs is 5. The van der Waals surface area contributed by atoms with Gasteiger partial charge in [0.2, 0.25) is 11.8 Å². The number of amides is 3. The Morgan fingerprint density at radius 2 is 1.69 bits per heavy atom. The van der Waals surface area contributed by atoms with Crippen LogP contribution in [0.2, 0.25) is 10.0 Å². The Morgan fingerprint density at radius 3 is 2.27 bits per heavy atom. The highest BCUT2D eigenvalue weighted by Crippen LogP contribution is 2.48. The van der Waals surface area contributed by atoms with Crippen LogP contribution >= 0.6 is 23.2 Å². The van der Waals surface area contributed by atoms with Gasteiger partial charge in [-0.1, -0.05) is 23.2 Å². The lowest BCUT2D eigenvalue weighted by Crippen LogP contribution is -2.37. The monoisotopic (exact) mass is 398 g/mol. The van der Waals surface area contributed by atoms with Crippen LogP contribution in [-0.2, 0) is 19.1 Å². The molecular weight excluding hydrogens is 383 g/mol. The second kappa shape index (κ2) is 6.72. The lowest BCUT2D eigenvalue weighted by Gasteiger charge is -2.17. The zero-order valence-corrected chi connectivity index (χ0v) is 15.1. The maximum absolute atomic E-state index is 12.5. The Kier molecular flexibility index (Phi) is 4.54. The van der Waals surface area contributed by atoms with E-state index in [1.807, 2.05) is 0 Å². The summed E-state index contributed by atoms with van der Waals surface area (Å²) >= 11 is 11.7. The molecule has 4 atom stereocenters. The number of nitrogens with zero attached hydrogens (tertiary/aromatic N) is 1. The summed E-state index contributed by atoms with van der Waals surface area (Å²) in [6.45, 7) is -0.0545. The number of anilines is 1. The molecule has 3 amide bonds. The van der Waals surface area contributed by atoms with Crippen LogP contribution < -0.4 is 5.32 Å². The van der Waals surface area contributed by atoms with E-state index in [4.69, 9.17) is 32.7 Å². The second-order valence-corrected chi connectivity index (χ2v) is 7.46. The van der Waals surface area contributed by atoms with E-state index in [1.165, 1.54) is 23.1 Å². The minimum Gasteiger partial charge on any atom is -0.447 e. The summed E-state index contributed by atoms with van der Waals surface area (Å²) < 4.78 is 10.7. The van der Waals surface area contributed by atoms with Crippen LogP contribution in [0, 0.1) is 11.8 Å². The van der Waals surface area contributed by atoms with E-state index in [-0.39, 0.29) is 49.0 Å². The predicted molar refractivity (Wildman–Crippen MR) is 93.0 cm³/mol. The van der Waals surface area contributed by atoms with E-state index in [1.54, 1.807) is 0 Å². The molecular formula is C17H16Cl2N2O5. The fourth-order valence-electron chi connectivity index (χ4n) is 4.00. The first-order valence-electron chi connectivity index (χ1n) is 8.34. The molecule has 0 aromatic heterocycles. The van der Waals surface area contributed by atoms with Crippen molar-refractivity contribution < 1.29 is 23.9 Å². The van der Waals surface area contributed by atoms with E-state index in [0.717, 1.165) is 12.8 Å². The van der Waals surface area contributed by atoms with E-state index in [0.29, 0.717) is 15.7 Å². The SMILES string of the molecule is O=C(Nc1cc(Cl)cc(Cl)c1)OCCN1C(=O)C2C3CCC(O3)C2C1=O. The molecule has 7 nitrogen and oxygen atoms in total. The molecule has 4 unspecified atom stereocenters. The summed E-state index contributed by atoms with van der Waals surface area (Å²) in [6.07, 6.45) is 0.622. The number of nitrogens with one attached hydrogen (secondary N) is 1. The number of hydrogen-bond donors (Lipinski definition) is 1. The average Bonchev–Trinajstić information content (AvgIpc) is 3.23. The van der Waals surface area contributed by atoms with E-state index >= 15 is 0 Å². The van der Waals surface area contributed by atoms with Crippen molar-refractivity contribution in [1.82, 2.24) is 4.90 Å². The van der Waals surface area contributed by atoms with Crippen LogP contribution in [0.15, 0.2) is 18.2 Å². The fraction of sp³-hybridized carbons (Fsp3) is 0.471. The summed E-state index contributed by atoms with van der Waals surface area (Å²) in [5.41, 5.74) is 0.393. The van der Waals surface area contributed by atoms with Gasteiger partial charge < -0.3 is 9.47 Å². The van der Waals surface area contributed by atoms with Crippen molar-refractivity contribution in [3.63, 3.8) is 0 Å². The van der Waals surface area contributed by atoms with Gasteiger partial charge in [-0.3, -0.25) is 19.8 Å². The third-order valence-electron chi connectivity index (χ3n) is 5.03. The van der Waals surface area contributed by atoms with Crippen molar-refractivity contribution in [3.05, 3.63) is 28.2 Å². The minimum atomic E-state index is -0.717. The molecule has 1 aromatic rings. The Bertz CT molecular complexity index is 738. The smallest absolute Gasteiger partial charge is 0.411 e. The number of carbonyl (C=O) groups is 3. The van der Waals surface area contributed by atoms with E-state index < -0.39 is 6.09 Å². The number of likely N-dealkylation sites (tertiary alicyclic amines) is 1. The van der Waals surface area contributed by atoms with Crippen LogP contribution in [0.3, 0.4) is 0 Å². The number of rotatable bonds is 4. The molecule has 1 aromatic carbocycles. The average molecular weight is 399 g/mol. The highest BCUT2D eigenvalue weighted by molar-refractivity contribution is 6.35. The molecule has 26 heavy (non-hydrogen) atoms. The number of imide groups is 1. The third-order valence-corrected chi connectivity index (χ3v) is 5.47. The van der Waals surface area contributed by atoms with Crippen molar-refractivity contribution in [1.29, 1.82) is 0 Å². The van der Waals surface area contributed by atoms with Crippen molar-refractivity contribution in [2.24, 2.45) is 11.8 Å². The van der Waals surface area contributed by atoms with Gasteiger partial charge in [-0.25, -0.2) is 4.79 Å². The van der Waals surface area contributed by atoms with Crippen LogP contribution in [0.5, 0.6) is 0 Å². The predicted octanol–water partition coefficient (Wildman–Crippen LogP) is 2.70. The fourth-order valence-corrected chi connectivity index (χ4v) is 4.53. The van der Waals surface area contributed by atoms with Crippen LogP contribution in [0.4, 0.5) is 10.5 Å². The minimum absolute atomic E-state index is 0.0355. The normalized spacial score (nSPS) is 29.2. The first-order valence-corrected chi connectivity index (χ1v) is 9.10. The maximum atomic E-state index is 12.5. The molecule has 1 N–H and O–H groups in total. The van der Waals surface area contributed by atoms with Crippen molar-refractivity contribution in [2.45, 2.75) is 25.0 Å². The molecule has 3 aliphatic heterocycles. The molecule has 9 heteroatoms. The van der Waals surface area contributed by atoms with Gasteiger partial charge in [-0.15, -0.1) is 0 Å². The summed E-state index contributed by atoms with van der Waals surface area (Å²) in [7, 11) is 0. The summed E-state index contributed by atoms with van der Waals surface area (Å²) in [5, 5.41) is 3.26. The van der Waals surface area contributed by atoms with Crippen LogP contribution in [-0.4, -0.2) is 48.2 Å². The zero-order chi connectivity index (χ0) is 18.4. The summed E-state index contributed by atoms with van der Waals surface area (Å²) in [6, 6.07) is 4.59. The second-order valence-electron chi connectivity index (χ2n) is 6.59. The van der Waals surface area contributed by atoms with Crippen molar-refractivity contribution in [3.8, 4) is 0 Å². The molecule has 3 aliphatic rings. The number of halogens is 2. The van der Waals surface area contributed by atoms with Gasteiger partial charge in [0.05, 0.1) is 30.6 Å². The standard InChI is InChI=1S/C17H16Cl2N2O5/c18-8-5-9(19)7-10(6-8)20-17(24)25-4-3-21-15(22)13-11-1-2-12(26-11)14(13)16(21)23/h5-7,11-14H,1-4H2,(H,20,24). The van der Waals surface area contributed by atoms with Crippen molar-refractivity contribution >= 4 is 46.8 Å².